The quantitative estimate of drug-likeness (QED) is 0.678. The van der Waals surface area contributed by atoms with Gasteiger partial charge in [-0.25, -0.2) is 9.78 Å². The van der Waals surface area contributed by atoms with Crippen LogP contribution in [0.25, 0.3) is 11.5 Å². The maximum Gasteiger partial charge on any atom is 0.357 e. The first-order chi connectivity index (χ1) is 9.83. The number of furan rings is 1. The fraction of sp³-hybridized carbons (Fsp3) is 0.0714. The van der Waals surface area contributed by atoms with Crippen LogP contribution in [0, 0.1) is 0 Å². The Balaban J connectivity index is 1.63. The van der Waals surface area contributed by atoms with Gasteiger partial charge in [-0.1, -0.05) is 11.2 Å². The zero-order valence-electron chi connectivity index (χ0n) is 10.4. The number of aromatic nitrogens is 2. The van der Waals surface area contributed by atoms with E-state index in [1.54, 1.807) is 42.7 Å². The summed E-state index contributed by atoms with van der Waals surface area (Å²) in [7, 11) is 0. The van der Waals surface area contributed by atoms with E-state index >= 15 is 0 Å². The number of ether oxygens (including phenoxy) is 1. The van der Waals surface area contributed by atoms with Gasteiger partial charge < -0.3 is 13.7 Å². The number of carbonyl (C=O) groups is 1. The van der Waals surface area contributed by atoms with Gasteiger partial charge in [0.25, 0.3) is 0 Å². The molecule has 3 aromatic rings. The molecule has 100 valence electrons. The second-order valence-electron chi connectivity index (χ2n) is 3.95. The lowest BCUT2D eigenvalue weighted by Crippen LogP contribution is -2.06. The van der Waals surface area contributed by atoms with Gasteiger partial charge in [0.05, 0.1) is 6.26 Å². The van der Waals surface area contributed by atoms with Gasteiger partial charge in [-0.3, -0.25) is 0 Å². The van der Waals surface area contributed by atoms with Crippen LogP contribution in [0.2, 0.25) is 0 Å². The Bertz CT molecular complexity index is 689. The largest absolute Gasteiger partial charge is 0.461 e. The number of hydrogen-bond donors (Lipinski definition) is 0. The highest BCUT2D eigenvalue weighted by Gasteiger charge is 2.12. The van der Waals surface area contributed by atoms with Gasteiger partial charge in [0.2, 0.25) is 5.76 Å². The van der Waals surface area contributed by atoms with Gasteiger partial charge in [0, 0.05) is 12.3 Å². The van der Waals surface area contributed by atoms with Crippen molar-refractivity contribution in [2.45, 2.75) is 6.61 Å². The van der Waals surface area contributed by atoms with E-state index in [1.807, 2.05) is 0 Å². The molecule has 0 aliphatic rings. The highest BCUT2D eigenvalue weighted by Crippen LogP contribution is 2.20. The van der Waals surface area contributed by atoms with E-state index in [-0.39, 0.29) is 12.3 Å². The lowest BCUT2D eigenvalue weighted by atomic mass is 10.3. The highest BCUT2D eigenvalue weighted by molar-refractivity contribution is 5.87. The van der Waals surface area contributed by atoms with E-state index in [0.29, 0.717) is 17.2 Å². The molecule has 20 heavy (non-hydrogen) atoms. The van der Waals surface area contributed by atoms with E-state index in [4.69, 9.17) is 13.7 Å². The van der Waals surface area contributed by atoms with Gasteiger partial charge in [-0.05, 0) is 24.3 Å². The third-order valence-corrected chi connectivity index (χ3v) is 2.55. The molecule has 3 aromatic heterocycles. The van der Waals surface area contributed by atoms with Crippen molar-refractivity contribution in [2.75, 3.05) is 0 Å². The van der Waals surface area contributed by atoms with Gasteiger partial charge in [0.1, 0.15) is 18.0 Å². The van der Waals surface area contributed by atoms with Crippen molar-refractivity contribution in [1.82, 2.24) is 10.1 Å². The predicted octanol–water partition coefficient (Wildman–Crippen LogP) is 2.69. The molecule has 0 atom stereocenters. The maximum atomic E-state index is 11.7. The fourth-order valence-corrected chi connectivity index (χ4v) is 1.61. The smallest absolute Gasteiger partial charge is 0.357 e. The van der Waals surface area contributed by atoms with Gasteiger partial charge >= 0.3 is 5.97 Å². The minimum Gasteiger partial charge on any atom is -0.461 e. The monoisotopic (exact) mass is 270 g/mol. The normalized spacial score (nSPS) is 10.4. The van der Waals surface area contributed by atoms with Crippen molar-refractivity contribution in [3.8, 4) is 11.5 Å². The summed E-state index contributed by atoms with van der Waals surface area (Å²) >= 11 is 0. The molecule has 0 aliphatic carbocycles. The summed E-state index contributed by atoms with van der Waals surface area (Å²) in [4.78, 5) is 15.6. The first-order valence-corrected chi connectivity index (χ1v) is 5.90. The number of esters is 1. The molecule has 3 heterocycles. The summed E-state index contributed by atoms with van der Waals surface area (Å²) in [5.74, 6) is 0.548. The summed E-state index contributed by atoms with van der Waals surface area (Å²) in [6.07, 6.45) is 3.07. The second kappa shape index (κ2) is 5.40. The van der Waals surface area contributed by atoms with E-state index in [2.05, 4.69) is 10.1 Å². The molecule has 0 amide bonds. The average molecular weight is 270 g/mol. The van der Waals surface area contributed by atoms with Gasteiger partial charge in [-0.2, -0.15) is 0 Å². The Hall–Kier alpha value is -2.89. The Morgan fingerprint density at radius 2 is 2.15 bits per heavy atom. The van der Waals surface area contributed by atoms with Crippen LogP contribution < -0.4 is 0 Å². The molecule has 0 radical (unpaired) electrons. The van der Waals surface area contributed by atoms with Crippen molar-refractivity contribution >= 4 is 5.97 Å². The standard InChI is InChI=1S/C14H10N2O4/c17-14(11-4-1-2-6-15-11)19-9-10-8-13(20-16-10)12-5-3-7-18-12/h1-8H,9H2. The molecule has 0 fully saturated rings. The first-order valence-electron chi connectivity index (χ1n) is 5.90. The number of hydrogen-bond acceptors (Lipinski definition) is 6. The molecule has 6 nitrogen and oxygen atoms in total. The van der Waals surface area contributed by atoms with E-state index in [1.165, 1.54) is 6.20 Å². The van der Waals surface area contributed by atoms with Crippen LogP contribution in [0.15, 0.2) is 57.8 Å². The number of nitrogens with zero attached hydrogens (tertiary/aromatic N) is 2. The van der Waals surface area contributed by atoms with Crippen molar-refractivity contribution in [2.24, 2.45) is 0 Å². The molecule has 0 aliphatic heterocycles. The summed E-state index contributed by atoms with van der Waals surface area (Å²) in [6, 6.07) is 10.2. The summed E-state index contributed by atoms with van der Waals surface area (Å²) < 4.78 is 15.4. The molecule has 0 aromatic carbocycles. The summed E-state index contributed by atoms with van der Waals surface area (Å²) in [5, 5.41) is 3.81. The van der Waals surface area contributed by atoms with E-state index in [9.17, 15) is 4.79 Å². The third-order valence-electron chi connectivity index (χ3n) is 2.55. The molecular formula is C14H10N2O4. The second-order valence-corrected chi connectivity index (χ2v) is 3.95. The highest BCUT2D eigenvalue weighted by atomic mass is 16.5. The number of rotatable bonds is 4. The number of carbonyl (C=O) groups excluding carboxylic acids is 1. The van der Waals surface area contributed by atoms with Gasteiger partial charge in [-0.15, -0.1) is 0 Å². The minimum absolute atomic E-state index is 0.0135. The van der Waals surface area contributed by atoms with Crippen LogP contribution in [0.4, 0.5) is 0 Å². The van der Waals surface area contributed by atoms with E-state index < -0.39 is 5.97 Å². The molecule has 0 N–H and O–H groups in total. The van der Waals surface area contributed by atoms with Crippen LogP contribution >= 0.6 is 0 Å². The summed E-state index contributed by atoms with van der Waals surface area (Å²) in [6.45, 7) is 0.0135. The topological polar surface area (TPSA) is 78.4 Å². The molecular weight excluding hydrogens is 260 g/mol. The number of pyridine rings is 1. The first kappa shape index (κ1) is 12.2. The Kier molecular flexibility index (Phi) is 3.28. The van der Waals surface area contributed by atoms with Crippen LogP contribution in [-0.2, 0) is 11.3 Å². The SMILES string of the molecule is O=C(OCc1cc(-c2ccco2)on1)c1ccccn1. The average Bonchev–Trinajstić information content (AvgIpc) is 3.16. The third kappa shape index (κ3) is 2.59. The fourth-order valence-electron chi connectivity index (χ4n) is 1.61. The maximum absolute atomic E-state index is 11.7. The molecule has 0 saturated carbocycles. The molecule has 6 heteroatoms. The summed E-state index contributed by atoms with van der Waals surface area (Å²) in [5.41, 5.74) is 0.753. The van der Waals surface area contributed by atoms with Crippen molar-refractivity contribution < 1.29 is 18.5 Å². The van der Waals surface area contributed by atoms with Crippen molar-refractivity contribution in [1.29, 1.82) is 0 Å². The molecule has 0 saturated heterocycles. The molecule has 0 bridgehead atoms. The zero-order chi connectivity index (χ0) is 13.8. The van der Waals surface area contributed by atoms with Gasteiger partial charge in [0.15, 0.2) is 5.76 Å². The Labute approximate surface area is 114 Å². The van der Waals surface area contributed by atoms with Crippen molar-refractivity contribution in [3.05, 3.63) is 60.2 Å². The minimum atomic E-state index is -0.506. The molecule has 0 spiro atoms. The molecule has 0 unspecified atom stereocenters. The van der Waals surface area contributed by atoms with Crippen LogP contribution in [-0.4, -0.2) is 16.1 Å². The Morgan fingerprint density at radius 3 is 2.90 bits per heavy atom. The lowest BCUT2D eigenvalue weighted by Gasteiger charge is -2.00. The van der Waals surface area contributed by atoms with Crippen LogP contribution in [0.5, 0.6) is 0 Å². The predicted molar refractivity (Wildman–Crippen MR) is 67.6 cm³/mol. The van der Waals surface area contributed by atoms with Crippen molar-refractivity contribution in [3.63, 3.8) is 0 Å². The molecule has 3 rings (SSSR count). The van der Waals surface area contributed by atoms with Crippen LogP contribution in [0.1, 0.15) is 16.2 Å². The lowest BCUT2D eigenvalue weighted by molar-refractivity contribution is 0.0457. The zero-order valence-corrected chi connectivity index (χ0v) is 10.4. The van der Waals surface area contributed by atoms with E-state index in [0.717, 1.165) is 0 Å². The Morgan fingerprint density at radius 1 is 1.20 bits per heavy atom. The van der Waals surface area contributed by atoms with Crippen LogP contribution in [0.3, 0.4) is 0 Å².